The van der Waals surface area contributed by atoms with E-state index in [9.17, 15) is 9.59 Å². The Morgan fingerprint density at radius 3 is 2.29 bits per heavy atom. The Bertz CT molecular complexity index is 723. The Morgan fingerprint density at radius 1 is 0.952 bits per heavy atom. The van der Waals surface area contributed by atoms with Crippen LogP contribution in [0.3, 0.4) is 0 Å². The summed E-state index contributed by atoms with van der Waals surface area (Å²) in [7, 11) is 0. The van der Waals surface area contributed by atoms with Crippen LogP contribution in [-0.4, -0.2) is 11.9 Å². The van der Waals surface area contributed by atoms with Gasteiger partial charge in [-0.1, -0.05) is 41.9 Å². The van der Waals surface area contributed by atoms with E-state index in [0.717, 1.165) is 5.06 Å². The molecule has 5 heteroatoms. The van der Waals surface area contributed by atoms with E-state index in [1.807, 2.05) is 6.07 Å². The lowest BCUT2D eigenvalue weighted by Crippen LogP contribution is -2.22. The van der Waals surface area contributed by atoms with Crippen molar-refractivity contribution in [2.24, 2.45) is 0 Å². The molecule has 0 bridgehead atoms. The molecule has 104 valence electrons. The molecular formula is C16H10ClNO3. The second-order valence-electron chi connectivity index (χ2n) is 4.42. The second-order valence-corrected chi connectivity index (χ2v) is 4.86. The summed E-state index contributed by atoms with van der Waals surface area (Å²) in [5.74, 6) is -1.15. The highest BCUT2D eigenvalue weighted by Gasteiger charge is 2.37. The first kappa shape index (κ1) is 13.4. The zero-order chi connectivity index (χ0) is 14.8. The number of rotatable bonds is 2. The first-order chi connectivity index (χ1) is 10.1. The predicted molar refractivity (Wildman–Crippen MR) is 79.4 cm³/mol. The molecule has 0 radical (unpaired) electrons. The van der Waals surface area contributed by atoms with Gasteiger partial charge in [0.25, 0.3) is 5.91 Å². The lowest BCUT2D eigenvalue weighted by Gasteiger charge is -2.11. The van der Waals surface area contributed by atoms with E-state index < -0.39 is 11.9 Å². The van der Waals surface area contributed by atoms with Gasteiger partial charge in [-0.3, -0.25) is 4.79 Å². The molecule has 1 aliphatic heterocycles. The third-order valence-electron chi connectivity index (χ3n) is 2.98. The first-order valence-electron chi connectivity index (χ1n) is 6.24. The van der Waals surface area contributed by atoms with E-state index in [0.29, 0.717) is 16.3 Å². The molecule has 0 unspecified atom stereocenters. The standard InChI is InChI=1S/C16H10ClNO3/c17-12-8-6-11(7-9-12)10-14-15(19)18(21-16(14)20)13-4-2-1-3-5-13/h1-10H/b14-10-. The number of amides is 1. The van der Waals surface area contributed by atoms with Crippen LogP contribution < -0.4 is 5.06 Å². The Morgan fingerprint density at radius 2 is 1.62 bits per heavy atom. The van der Waals surface area contributed by atoms with Crippen LogP contribution in [0.1, 0.15) is 5.56 Å². The maximum Gasteiger partial charge on any atom is 0.369 e. The van der Waals surface area contributed by atoms with Crippen molar-refractivity contribution in [3.8, 4) is 0 Å². The highest BCUT2D eigenvalue weighted by atomic mass is 35.5. The van der Waals surface area contributed by atoms with Crippen LogP contribution in [0.2, 0.25) is 5.02 Å². The van der Waals surface area contributed by atoms with Gasteiger partial charge in [0.1, 0.15) is 5.57 Å². The number of hydrogen-bond acceptors (Lipinski definition) is 3. The van der Waals surface area contributed by atoms with Gasteiger partial charge < -0.3 is 4.84 Å². The smallest absolute Gasteiger partial charge is 0.327 e. The molecule has 21 heavy (non-hydrogen) atoms. The Balaban J connectivity index is 1.92. The summed E-state index contributed by atoms with van der Waals surface area (Å²) in [6.45, 7) is 0. The number of para-hydroxylation sites is 1. The van der Waals surface area contributed by atoms with Crippen molar-refractivity contribution in [2.75, 3.05) is 5.06 Å². The zero-order valence-electron chi connectivity index (χ0n) is 10.8. The maximum absolute atomic E-state index is 12.3. The molecule has 1 amide bonds. The lowest BCUT2D eigenvalue weighted by molar-refractivity contribution is -0.137. The number of hydroxylamine groups is 1. The molecule has 1 heterocycles. The quantitative estimate of drug-likeness (QED) is 0.632. The van der Waals surface area contributed by atoms with Gasteiger partial charge >= 0.3 is 5.97 Å². The minimum atomic E-state index is -0.668. The van der Waals surface area contributed by atoms with Crippen LogP contribution in [0.5, 0.6) is 0 Å². The summed E-state index contributed by atoms with van der Waals surface area (Å²) in [6, 6.07) is 15.5. The third-order valence-corrected chi connectivity index (χ3v) is 3.23. The van der Waals surface area contributed by atoms with Crippen LogP contribution in [0, 0.1) is 0 Å². The summed E-state index contributed by atoms with van der Waals surface area (Å²) in [6.07, 6.45) is 1.49. The summed E-state index contributed by atoms with van der Waals surface area (Å²) < 4.78 is 0. The third kappa shape index (κ3) is 2.66. The van der Waals surface area contributed by atoms with E-state index in [-0.39, 0.29) is 5.57 Å². The monoisotopic (exact) mass is 299 g/mol. The van der Waals surface area contributed by atoms with Crippen LogP contribution in [-0.2, 0) is 14.4 Å². The molecule has 0 aromatic heterocycles. The summed E-state index contributed by atoms with van der Waals surface area (Å²) in [5.41, 5.74) is 1.20. The van der Waals surface area contributed by atoms with Crippen molar-refractivity contribution < 1.29 is 14.4 Å². The van der Waals surface area contributed by atoms with Crippen molar-refractivity contribution in [3.05, 3.63) is 70.8 Å². The molecule has 0 atom stereocenters. The largest absolute Gasteiger partial charge is 0.369 e. The van der Waals surface area contributed by atoms with E-state index in [1.165, 1.54) is 6.08 Å². The van der Waals surface area contributed by atoms with Gasteiger partial charge in [0.2, 0.25) is 0 Å². The molecule has 0 saturated carbocycles. The molecular weight excluding hydrogens is 290 g/mol. The fourth-order valence-electron chi connectivity index (χ4n) is 1.95. The Kier molecular flexibility index (Phi) is 3.46. The van der Waals surface area contributed by atoms with Crippen molar-refractivity contribution in [2.45, 2.75) is 0 Å². The molecule has 3 rings (SSSR count). The lowest BCUT2D eigenvalue weighted by atomic mass is 10.1. The minimum absolute atomic E-state index is 0.0128. The van der Waals surface area contributed by atoms with Gasteiger partial charge in [0, 0.05) is 5.02 Å². The molecule has 0 N–H and O–H groups in total. The summed E-state index contributed by atoms with van der Waals surface area (Å²) >= 11 is 5.80. The SMILES string of the molecule is O=C1ON(c2ccccc2)C(=O)/C1=C/c1ccc(Cl)cc1. The van der Waals surface area contributed by atoms with Crippen LogP contribution in [0.4, 0.5) is 5.69 Å². The van der Waals surface area contributed by atoms with Gasteiger partial charge in [-0.25, -0.2) is 4.79 Å². The normalized spacial score (nSPS) is 16.4. The van der Waals surface area contributed by atoms with Gasteiger partial charge in [-0.2, -0.15) is 0 Å². The molecule has 1 fully saturated rings. The highest BCUT2D eigenvalue weighted by Crippen LogP contribution is 2.25. The number of carbonyl (C=O) groups excluding carboxylic acids is 2. The van der Waals surface area contributed by atoms with Crippen LogP contribution in [0.15, 0.2) is 60.2 Å². The highest BCUT2D eigenvalue weighted by molar-refractivity contribution is 6.30. The molecule has 1 saturated heterocycles. The Hall–Kier alpha value is -2.59. The van der Waals surface area contributed by atoms with Crippen molar-refractivity contribution in [3.63, 3.8) is 0 Å². The van der Waals surface area contributed by atoms with Gasteiger partial charge in [-0.05, 0) is 35.9 Å². The van der Waals surface area contributed by atoms with Crippen molar-refractivity contribution >= 4 is 35.2 Å². The number of anilines is 1. The molecule has 2 aromatic carbocycles. The van der Waals surface area contributed by atoms with Crippen LogP contribution in [0.25, 0.3) is 6.08 Å². The minimum Gasteiger partial charge on any atom is -0.327 e. The summed E-state index contributed by atoms with van der Waals surface area (Å²) in [4.78, 5) is 29.2. The molecule has 0 aliphatic carbocycles. The van der Waals surface area contributed by atoms with Gasteiger partial charge in [0.05, 0.1) is 5.69 Å². The van der Waals surface area contributed by atoms with E-state index in [2.05, 4.69) is 0 Å². The van der Waals surface area contributed by atoms with Crippen molar-refractivity contribution in [1.82, 2.24) is 0 Å². The molecule has 1 aliphatic rings. The van der Waals surface area contributed by atoms with E-state index in [1.54, 1.807) is 48.5 Å². The summed E-state index contributed by atoms with van der Waals surface area (Å²) in [5, 5.41) is 1.58. The first-order valence-corrected chi connectivity index (χ1v) is 6.62. The average Bonchev–Trinajstić information content (AvgIpc) is 2.78. The van der Waals surface area contributed by atoms with E-state index >= 15 is 0 Å². The number of nitrogens with zero attached hydrogens (tertiary/aromatic N) is 1. The fourth-order valence-corrected chi connectivity index (χ4v) is 2.08. The number of hydrogen-bond donors (Lipinski definition) is 0. The Labute approximate surface area is 126 Å². The number of benzene rings is 2. The van der Waals surface area contributed by atoms with Crippen molar-refractivity contribution in [1.29, 1.82) is 0 Å². The van der Waals surface area contributed by atoms with Crippen LogP contribution >= 0.6 is 11.6 Å². The molecule has 4 nitrogen and oxygen atoms in total. The molecule has 2 aromatic rings. The zero-order valence-corrected chi connectivity index (χ0v) is 11.6. The fraction of sp³-hybridized carbons (Fsp3) is 0. The van der Waals surface area contributed by atoms with E-state index in [4.69, 9.17) is 16.4 Å². The predicted octanol–water partition coefficient (Wildman–Crippen LogP) is 3.23. The number of halogens is 1. The average molecular weight is 300 g/mol. The maximum atomic E-state index is 12.3. The van der Waals surface area contributed by atoms with Gasteiger partial charge in [-0.15, -0.1) is 5.06 Å². The number of carbonyl (C=O) groups is 2. The second kappa shape index (κ2) is 5.42. The topological polar surface area (TPSA) is 46.6 Å². The molecule has 0 spiro atoms. The van der Waals surface area contributed by atoms with Gasteiger partial charge in [0.15, 0.2) is 0 Å².